The van der Waals surface area contributed by atoms with E-state index >= 15 is 0 Å². The molecule has 0 unspecified atom stereocenters. The molecule has 170 valence electrons. The maximum Gasteiger partial charge on any atom is 0.222 e. The Morgan fingerprint density at radius 2 is 1.88 bits per heavy atom. The van der Waals surface area contributed by atoms with Gasteiger partial charge in [-0.2, -0.15) is 4.52 Å². The van der Waals surface area contributed by atoms with Crippen LogP contribution in [0.2, 0.25) is 0 Å². The number of nitrogens with zero attached hydrogens (tertiary/aromatic N) is 5. The lowest BCUT2D eigenvalue weighted by Crippen LogP contribution is -2.48. The standard InChI is InChI=1S/C23H29FN6OS/c1-2-5-19(31)28-12-14-29(15-13-28)23-27-30-21(25-18-6-3-4-7-18)20(26-22(30)32-23)16-8-10-17(24)11-9-16/h8-11,18,25H,2-7,12-15H2,1H3. The van der Waals surface area contributed by atoms with Crippen molar-refractivity contribution >= 4 is 33.2 Å². The molecule has 32 heavy (non-hydrogen) atoms. The SMILES string of the molecule is CCCC(=O)N1CCN(c2nn3c(NC4CCCC4)c(-c4ccc(F)cc4)nc3s2)CC1. The van der Waals surface area contributed by atoms with Crippen molar-refractivity contribution in [2.75, 3.05) is 36.4 Å². The fraction of sp³-hybridized carbons (Fsp3) is 0.522. The van der Waals surface area contributed by atoms with Crippen molar-refractivity contribution in [2.45, 2.75) is 51.5 Å². The van der Waals surface area contributed by atoms with Crippen LogP contribution < -0.4 is 10.2 Å². The number of aromatic nitrogens is 3. The highest BCUT2D eigenvalue weighted by molar-refractivity contribution is 7.20. The number of rotatable bonds is 6. The molecule has 1 saturated carbocycles. The Morgan fingerprint density at radius 3 is 2.56 bits per heavy atom. The molecule has 2 aliphatic rings. The number of carbonyl (C=O) groups excluding carboxylic acids is 1. The molecule has 3 heterocycles. The minimum atomic E-state index is -0.253. The lowest BCUT2D eigenvalue weighted by molar-refractivity contribution is -0.131. The van der Waals surface area contributed by atoms with Gasteiger partial charge in [0.15, 0.2) is 5.82 Å². The van der Waals surface area contributed by atoms with Crippen molar-refractivity contribution in [1.29, 1.82) is 0 Å². The predicted molar refractivity (Wildman–Crippen MR) is 126 cm³/mol. The van der Waals surface area contributed by atoms with Gasteiger partial charge in [0.05, 0.1) is 0 Å². The van der Waals surface area contributed by atoms with Gasteiger partial charge in [-0.25, -0.2) is 9.37 Å². The number of carbonyl (C=O) groups is 1. The number of nitrogens with one attached hydrogen (secondary N) is 1. The molecule has 1 saturated heterocycles. The van der Waals surface area contributed by atoms with Gasteiger partial charge in [-0.1, -0.05) is 31.1 Å². The number of piperazine rings is 1. The largest absolute Gasteiger partial charge is 0.365 e. The van der Waals surface area contributed by atoms with E-state index in [0.29, 0.717) is 12.5 Å². The highest BCUT2D eigenvalue weighted by Gasteiger charge is 2.26. The lowest BCUT2D eigenvalue weighted by atomic mass is 10.1. The van der Waals surface area contributed by atoms with Crippen LogP contribution in [0.1, 0.15) is 45.4 Å². The molecular weight excluding hydrogens is 427 g/mol. The van der Waals surface area contributed by atoms with E-state index in [1.165, 1.54) is 25.0 Å². The van der Waals surface area contributed by atoms with Crippen LogP contribution in [0.4, 0.5) is 15.3 Å². The second-order valence-electron chi connectivity index (χ2n) is 8.64. The number of benzene rings is 1. The Morgan fingerprint density at radius 1 is 1.16 bits per heavy atom. The van der Waals surface area contributed by atoms with Crippen molar-refractivity contribution < 1.29 is 9.18 Å². The summed E-state index contributed by atoms with van der Waals surface area (Å²) in [6.07, 6.45) is 6.24. The third-order valence-corrected chi connectivity index (χ3v) is 7.34. The molecule has 1 aromatic carbocycles. The average molecular weight is 457 g/mol. The smallest absolute Gasteiger partial charge is 0.222 e. The Kier molecular flexibility index (Phi) is 5.99. The highest BCUT2D eigenvalue weighted by Crippen LogP contribution is 2.35. The van der Waals surface area contributed by atoms with E-state index in [4.69, 9.17) is 10.1 Å². The Labute approximate surface area is 191 Å². The second kappa shape index (κ2) is 9.05. The maximum absolute atomic E-state index is 13.5. The summed E-state index contributed by atoms with van der Waals surface area (Å²) in [7, 11) is 0. The van der Waals surface area contributed by atoms with Crippen molar-refractivity contribution in [3.8, 4) is 11.3 Å². The molecule has 1 aliphatic heterocycles. The summed E-state index contributed by atoms with van der Waals surface area (Å²) in [5.74, 6) is 0.878. The first kappa shape index (κ1) is 21.2. The molecule has 1 amide bonds. The summed E-state index contributed by atoms with van der Waals surface area (Å²) in [5, 5.41) is 9.51. The Hall–Kier alpha value is -2.68. The van der Waals surface area contributed by atoms with Crippen LogP contribution in [0.5, 0.6) is 0 Å². The van der Waals surface area contributed by atoms with Gasteiger partial charge in [0.2, 0.25) is 16.0 Å². The van der Waals surface area contributed by atoms with E-state index < -0.39 is 0 Å². The molecule has 1 aliphatic carbocycles. The van der Waals surface area contributed by atoms with E-state index in [-0.39, 0.29) is 11.7 Å². The van der Waals surface area contributed by atoms with E-state index in [2.05, 4.69) is 10.2 Å². The van der Waals surface area contributed by atoms with Gasteiger partial charge in [-0.05, 0) is 43.5 Å². The minimum absolute atomic E-state index is 0.244. The first-order chi connectivity index (χ1) is 15.6. The van der Waals surface area contributed by atoms with Gasteiger partial charge < -0.3 is 15.1 Å². The third kappa shape index (κ3) is 4.18. The first-order valence-corrected chi connectivity index (χ1v) is 12.4. The van der Waals surface area contributed by atoms with Crippen LogP contribution in [0.3, 0.4) is 0 Å². The molecule has 3 aromatic rings. The number of hydrogen-bond donors (Lipinski definition) is 1. The quantitative estimate of drug-likeness (QED) is 0.596. The molecule has 7 nitrogen and oxygen atoms in total. The van der Waals surface area contributed by atoms with Gasteiger partial charge in [0.25, 0.3) is 0 Å². The van der Waals surface area contributed by atoms with Crippen LogP contribution in [-0.2, 0) is 4.79 Å². The normalized spacial score (nSPS) is 17.4. The molecule has 0 radical (unpaired) electrons. The summed E-state index contributed by atoms with van der Waals surface area (Å²) >= 11 is 1.56. The predicted octanol–water partition coefficient (Wildman–Crippen LogP) is 4.40. The van der Waals surface area contributed by atoms with E-state index in [1.807, 2.05) is 16.3 Å². The molecule has 1 N–H and O–H groups in total. The van der Waals surface area contributed by atoms with Crippen LogP contribution in [-0.4, -0.2) is 57.6 Å². The number of amides is 1. The maximum atomic E-state index is 13.5. The molecule has 2 fully saturated rings. The van der Waals surface area contributed by atoms with E-state index in [9.17, 15) is 9.18 Å². The number of imidazole rings is 1. The van der Waals surface area contributed by atoms with Crippen molar-refractivity contribution in [1.82, 2.24) is 19.5 Å². The minimum Gasteiger partial charge on any atom is -0.365 e. The first-order valence-electron chi connectivity index (χ1n) is 11.6. The van der Waals surface area contributed by atoms with Crippen molar-refractivity contribution in [3.05, 3.63) is 30.1 Å². The monoisotopic (exact) mass is 456 g/mol. The average Bonchev–Trinajstić information content (AvgIpc) is 3.53. The van der Waals surface area contributed by atoms with Crippen molar-refractivity contribution in [2.24, 2.45) is 0 Å². The zero-order valence-corrected chi connectivity index (χ0v) is 19.2. The van der Waals surface area contributed by atoms with Crippen LogP contribution in [0, 0.1) is 5.82 Å². The number of fused-ring (bicyclic) bond motifs is 1. The zero-order chi connectivity index (χ0) is 22.1. The van der Waals surface area contributed by atoms with Crippen LogP contribution >= 0.6 is 11.3 Å². The molecule has 0 bridgehead atoms. The fourth-order valence-corrected chi connectivity index (χ4v) is 5.54. The molecule has 0 atom stereocenters. The van der Waals surface area contributed by atoms with Gasteiger partial charge in [0, 0.05) is 44.2 Å². The summed E-state index contributed by atoms with van der Waals surface area (Å²) in [6, 6.07) is 6.90. The van der Waals surface area contributed by atoms with Crippen LogP contribution in [0.25, 0.3) is 16.2 Å². The number of hydrogen-bond acceptors (Lipinski definition) is 6. The zero-order valence-electron chi connectivity index (χ0n) is 18.4. The van der Waals surface area contributed by atoms with E-state index in [0.717, 1.165) is 72.6 Å². The number of halogens is 1. The van der Waals surface area contributed by atoms with Crippen molar-refractivity contribution in [3.63, 3.8) is 0 Å². The molecule has 9 heteroatoms. The summed E-state index contributed by atoms with van der Waals surface area (Å²) < 4.78 is 15.4. The summed E-state index contributed by atoms with van der Waals surface area (Å²) in [5.41, 5.74) is 1.70. The van der Waals surface area contributed by atoms with Gasteiger partial charge in [-0.3, -0.25) is 4.79 Å². The van der Waals surface area contributed by atoms with E-state index in [1.54, 1.807) is 23.5 Å². The van der Waals surface area contributed by atoms with Crippen LogP contribution in [0.15, 0.2) is 24.3 Å². The fourth-order valence-electron chi connectivity index (χ4n) is 4.59. The third-order valence-electron chi connectivity index (χ3n) is 6.37. The Bertz CT molecular complexity index is 1080. The molecular formula is C23H29FN6OS. The topological polar surface area (TPSA) is 65.8 Å². The van der Waals surface area contributed by atoms with Gasteiger partial charge in [0.1, 0.15) is 11.5 Å². The summed E-state index contributed by atoms with van der Waals surface area (Å²) in [6.45, 7) is 5.06. The molecule has 2 aromatic heterocycles. The van der Waals surface area contributed by atoms with Gasteiger partial charge in [-0.15, -0.1) is 5.10 Å². The lowest BCUT2D eigenvalue weighted by Gasteiger charge is -2.34. The summed E-state index contributed by atoms with van der Waals surface area (Å²) in [4.78, 5) is 22.1. The molecule has 5 rings (SSSR count). The van der Waals surface area contributed by atoms with Gasteiger partial charge >= 0.3 is 0 Å². The number of anilines is 2. The molecule has 0 spiro atoms. The second-order valence-corrected chi connectivity index (χ2v) is 9.57. The Balaban J connectivity index is 1.41. The highest BCUT2D eigenvalue weighted by atomic mass is 32.1.